The predicted molar refractivity (Wildman–Crippen MR) is 64.4 cm³/mol. The number of aromatic amines is 1. The highest BCUT2D eigenvalue weighted by Crippen LogP contribution is 2.25. The lowest BCUT2D eigenvalue weighted by Crippen LogP contribution is -2.13. The number of rotatable bonds is 4. The van der Waals surface area contributed by atoms with Crippen LogP contribution in [0.25, 0.3) is 0 Å². The molecule has 18 heavy (non-hydrogen) atoms. The molecule has 1 aromatic rings. The molecule has 0 amide bonds. The summed E-state index contributed by atoms with van der Waals surface area (Å²) in [6.07, 6.45) is 5.71. The topological polar surface area (TPSA) is 102 Å². The van der Waals surface area contributed by atoms with Gasteiger partial charge in [-0.25, -0.2) is 18.4 Å². The number of primary sulfonamides is 1. The first-order valence-electron chi connectivity index (χ1n) is 5.85. The van der Waals surface area contributed by atoms with Crippen LogP contribution in [0.3, 0.4) is 0 Å². The van der Waals surface area contributed by atoms with Crippen LogP contribution >= 0.6 is 0 Å². The normalized spacial score (nSPS) is 16.9. The van der Waals surface area contributed by atoms with Crippen molar-refractivity contribution in [2.24, 2.45) is 11.1 Å². The Kier molecular flexibility index (Phi) is 3.72. The lowest BCUT2D eigenvalue weighted by atomic mass is 10.1. The zero-order valence-electron chi connectivity index (χ0n) is 9.89. The first-order chi connectivity index (χ1) is 8.47. The molecule has 3 N–H and O–H groups in total. The van der Waals surface area contributed by atoms with Gasteiger partial charge in [0.25, 0.3) is 0 Å². The smallest absolute Gasteiger partial charge is 0.354 e. The Labute approximate surface area is 106 Å². The van der Waals surface area contributed by atoms with Gasteiger partial charge >= 0.3 is 5.97 Å². The van der Waals surface area contributed by atoms with Crippen molar-refractivity contribution in [1.82, 2.24) is 4.98 Å². The fourth-order valence-corrected chi connectivity index (χ4v) is 2.61. The number of sulfonamides is 1. The summed E-state index contributed by atoms with van der Waals surface area (Å²) in [4.78, 5) is 14.1. The molecule has 0 spiro atoms. The highest BCUT2D eigenvalue weighted by atomic mass is 32.2. The third-order valence-corrected chi connectivity index (χ3v) is 4.02. The maximum atomic E-state index is 11.7. The summed E-state index contributed by atoms with van der Waals surface area (Å²) in [7, 11) is -3.79. The largest absolute Gasteiger partial charge is 0.461 e. The van der Waals surface area contributed by atoms with E-state index < -0.39 is 16.0 Å². The summed E-state index contributed by atoms with van der Waals surface area (Å²) in [6.45, 7) is 0.391. The van der Waals surface area contributed by atoms with Crippen LogP contribution in [0, 0.1) is 5.92 Å². The maximum Gasteiger partial charge on any atom is 0.354 e. The summed E-state index contributed by atoms with van der Waals surface area (Å²) in [5, 5.41) is 4.94. The molecule has 1 saturated carbocycles. The number of ether oxygens (including phenoxy) is 1. The fraction of sp³-hybridized carbons (Fsp3) is 0.545. The number of carbonyl (C=O) groups is 1. The number of aromatic nitrogens is 1. The molecule has 1 aliphatic carbocycles. The summed E-state index contributed by atoms with van der Waals surface area (Å²) >= 11 is 0. The van der Waals surface area contributed by atoms with Crippen LogP contribution in [0.5, 0.6) is 0 Å². The van der Waals surface area contributed by atoms with E-state index in [1.807, 2.05) is 0 Å². The highest BCUT2D eigenvalue weighted by molar-refractivity contribution is 7.89. The van der Waals surface area contributed by atoms with Gasteiger partial charge in [0.1, 0.15) is 10.6 Å². The van der Waals surface area contributed by atoms with E-state index in [4.69, 9.17) is 9.88 Å². The van der Waals surface area contributed by atoms with Crippen LogP contribution in [-0.4, -0.2) is 26.0 Å². The molecule has 1 heterocycles. The maximum absolute atomic E-state index is 11.7. The third kappa shape index (κ3) is 3.11. The van der Waals surface area contributed by atoms with Crippen molar-refractivity contribution in [2.75, 3.05) is 6.61 Å². The molecule has 6 nitrogen and oxygen atoms in total. The van der Waals surface area contributed by atoms with Crippen molar-refractivity contribution in [1.29, 1.82) is 0 Å². The average molecular weight is 272 g/mol. The standard InChI is InChI=1S/C11H16N2O4S/c12-18(15,16)9-5-10(13-6-9)11(14)17-7-8-3-1-2-4-8/h5-6,8,13H,1-4,7H2,(H2,12,15,16). The van der Waals surface area contributed by atoms with E-state index in [0.717, 1.165) is 12.8 Å². The number of carbonyl (C=O) groups excluding carboxylic acids is 1. The molecule has 7 heteroatoms. The van der Waals surface area contributed by atoms with Crippen LogP contribution in [0.2, 0.25) is 0 Å². The zero-order chi connectivity index (χ0) is 13.2. The number of nitrogens with one attached hydrogen (secondary N) is 1. The number of hydrogen-bond donors (Lipinski definition) is 2. The molecule has 0 aromatic carbocycles. The molecule has 1 aliphatic rings. The second kappa shape index (κ2) is 5.11. The van der Waals surface area contributed by atoms with Gasteiger partial charge in [-0.05, 0) is 24.8 Å². The number of esters is 1. The Bertz CT molecular complexity index is 529. The molecule has 1 aromatic heterocycles. The summed E-state index contributed by atoms with van der Waals surface area (Å²) in [5.41, 5.74) is 0.108. The molecule has 1 fully saturated rings. The van der Waals surface area contributed by atoms with E-state index in [1.54, 1.807) is 0 Å². The van der Waals surface area contributed by atoms with Crippen LogP contribution in [0.1, 0.15) is 36.2 Å². The van der Waals surface area contributed by atoms with Gasteiger partial charge in [-0.3, -0.25) is 0 Å². The molecule has 0 bridgehead atoms. The van der Waals surface area contributed by atoms with Gasteiger partial charge in [0.05, 0.1) is 6.61 Å². The zero-order valence-corrected chi connectivity index (χ0v) is 10.7. The lowest BCUT2D eigenvalue weighted by molar-refractivity contribution is 0.0436. The molecule has 0 unspecified atom stereocenters. The van der Waals surface area contributed by atoms with Gasteiger partial charge in [-0.1, -0.05) is 12.8 Å². The highest BCUT2D eigenvalue weighted by Gasteiger charge is 2.19. The summed E-state index contributed by atoms with van der Waals surface area (Å²) in [6, 6.07) is 1.19. The van der Waals surface area contributed by atoms with Gasteiger partial charge in [0, 0.05) is 6.20 Å². The van der Waals surface area contributed by atoms with Gasteiger partial charge in [0.15, 0.2) is 0 Å². The van der Waals surface area contributed by atoms with E-state index in [1.165, 1.54) is 25.1 Å². The molecule has 0 radical (unpaired) electrons. The molecule has 0 aliphatic heterocycles. The first kappa shape index (κ1) is 13.1. The Morgan fingerprint density at radius 3 is 2.67 bits per heavy atom. The second-order valence-corrected chi connectivity index (χ2v) is 6.10. The monoisotopic (exact) mass is 272 g/mol. The number of hydrogen-bond acceptors (Lipinski definition) is 4. The van der Waals surface area contributed by atoms with Gasteiger partial charge in [0.2, 0.25) is 10.0 Å². The minimum absolute atomic E-state index is 0.108. The number of H-pyrrole nitrogens is 1. The Morgan fingerprint density at radius 2 is 2.11 bits per heavy atom. The SMILES string of the molecule is NS(=O)(=O)c1c[nH]c(C(=O)OCC2CCCC2)c1. The Balaban J connectivity index is 1.94. The van der Waals surface area contributed by atoms with Crippen LogP contribution in [0.4, 0.5) is 0 Å². The predicted octanol–water partition coefficient (Wildman–Crippen LogP) is 1.01. The van der Waals surface area contributed by atoms with Gasteiger partial charge in [-0.15, -0.1) is 0 Å². The minimum Gasteiger partial charge on any atom is -0.461 e. The van der Waals surface area contributed by atoms with Crippen molar-refractivity contribution in [3.05, 3.63) is 18.0 Å². The lowest BCUT2D eigenvalue weighted by Gasteiger charge is -2.08. The summed E-state index contributed by atoms with van der Waals surface area (Å²) in [5.74, 6) is -0.113. The minimum atomic E-state index is -3.79. The van der Waals surface area contributed by atoms with Crippen LogP contribution < -0.4 is 5.14 Å². The van der Waals surface area contributed by atoms with Crippen molar-refractivity contribution in [3.63, 3.8) is 0 Å². The van der Waals surface area contributed by atoms with E-state index in [-0.39, 0.29) is 10.6 Å². The quantitative estimate of drug-likeness (QED) is 0.798. The van der Waals surface area contributed by atoms with Crippen LogP contribution in [0.15, 0.2) is 17.2 Å². The fourth-order valence-electron chi connectivity index (χ4n) is 2.10. The van der Waals surface area contributed by atoms with Crippen molar-refractivity contribution < 1.29 is 17.9 Å². The Morgan fingerprint density at radius 1 is 1.44 bits per heavy atom. The van der Waals surface area contributed by atoms with Crippen molar-refractivity contribution in [2.45, 2.75) is 30.6 Å². The van der Waals surface area contributed by atoms with E-state index in [2.05, 4.69) is 4.98 Å². The van der Waals surface area contributed by atoms with Crippen molar-refractivity contribution in [3.8, 4) is 0 Å². The van der Waals surface area contributed by atoms with Gasteiger partial charge in [-0.2, -0.15) is 0 Å². The van der Waals surface area contributed by atoms with E-state index in [0.29, 0.717) is 12.5 Å². The van der Waals surface area contributed by atoms with Crippen LogP contribution in [-0.2, 0) is 14.8 Å². The number of nitrogens with two attached hydrogens (primary N) is 1. The van der Waals surface area contributed by atoms with E-state index in [9.17, 15) is 13.2 Å². The summed E-state index contributed by atoms with van der Waals surface area (Å²) < 4.78 is 27.2. The Hall–Kier alpha value is -1.34. The van der Waals surface area contributed by atoms with Crippen molar-refractivity contribution >= 4 is 16.0 Å². The average Bonchev–Trinajstić information content (AvgIpc) is 2.96. The molecular formula is C11H16N2O4S. The molecule has 0 saturated heterocycles. The molecular weight excluding hydrogens is 256 g/mol. The second-order valence-electron chi connectivity index (χ2n) is 4.54. The third-order valence-electron chi connectivity index (χ3n) is 3.13. The molecule has 100 valence electrons. The molecule has 2 rings (SSSR count). The first-order valence-corrected chi connectivity index (χ1v) is 7.40. The molecule has 0 atom stereocenters. The van der Waals surface area contributed by atoms with E-state index >= 15 is 0 Å². The van der Waals surface area contributed by atoms with Gasteiger partial charge < -0.3 is 9.72 Å².